The maximum atomic E-state index is 10.8. The van der Waals surface area contributed by atoms with Gasteiger partial charge in [-0.3, -0.25) is 4.79 Å². The monoisotopic (exact) mass is 262 g/mol. The van der Waals surface area contributed by atoms with Crippen LogP contribution < -0.4 is 4.90 Å². The topological polar surface area (TPSA) is 23.6 Å². The zero-order chi connectivity index (χ0) is 13.1. The zero-order valence-corrected chi connectivity index (χ0v) is 11.8. The van der Waals surface area contributed by atoms with Crippen molar-refractivity contribution < 1.29 is 4.79 Å². The molecule has 0 amide bonds. The molecule has 0 unspecified atom stereocenters. The second-order valence-electron chi connectivity index (χ2n) is 4.71. The summed E-state index contributed by atoms with van der Waals surface area (Å²) in [5.41, 5.74) is 1.20. The van der Waals surface area contributed by atoms with Crippen LogP contribution in [0.3, 0.4) is 0 Å². The molecular weight excluding hydrogens is 244 g/mol. The number of thiophene rings is 1. The van der Waals surface area contributed by atoms with Crippen molar-refractivity contribution in [2.24, 2.45) is 0 Å². The van der Waals surface area contributed by atoms with Gasteiger partial charge in [0.2, 0.25) is 0 Å². The maximum Gasteiger partial charge on any atom is 0.160 e. The third-order valence-corrected chi connectivity index (χ3v) is 3.99. The lowest BCUT2D eigenvalue weighted by Gasteiger charge is -2.21. The van der Waals surface area contributed by atoms with Gasteiger partial charge in [0, 0.05) is 30.5 Å². The molecule has 0 radical (unpaired) electrons. The zero-order valence-electron chi connectivity index (χ0n) is 11.0. The number of carbonyl (C=O) groups is 1. The molecule has 0 spiro atoms. The van der Waals surface area contributed by atoms with Gasteiger partial charge in [0.25, 0.3) is 0 Å². The van der Waals surface area contributed by atoms with Gasteiger partial charge in [-0.25, -0.2) is 0 Å². The Kier molecular flexibility index (Phi) is 3.99. The van der Waals surface area contributed by atoms with E-state index in [4.69, 9.17) is 0 Å². The van der Waals surface area contributed by atoms with Gasteiger partial charge in [0.1, 0.15) is 0 Å². The Morgan fingerprint density at radius 3 is 2.61 bits per heavy atom. The Labute approximate surface area is 112 Å². The van der Waals surface area contributed by atoms with Crippen molar-refractivity contribution in [1.82, 2.24) is 4.90 Å². The van der Waals surface area contributed by atoms with Crippen molar-refractivity contribution in [1.29, 1.82) is 0 Å². The maximum absolute atomic E-state index is 10.8. The molecule has 3 nitrogen and oxygen atoms in total. The minimum absolute atomic E-state index is 0.790. The van der Waals surface area contributed by atoms with E-state index in [2.05, 4.69) is 49.1 Å². The Bertz CT molecular complexity index is 548. The van der Waals surface area contributed by atoms with E-state index in [-0.39, 0.29) is 0 Å². The smallest absolute Gasteiger partial charge is 0.160 e. The standard InChI is InChI=1S/C14H18N2OS/c1-15(2)6-7-16(3)12-5-4-11-8-13(10-17)18-14(11)9-12/h4-5,8-10H,6-7H2,1-3H3. The van der Waals surface area contributed by atoms with E-state index >= 15 is 0 Å². The SMILES string of the molecule is CN(C)CCN(C)c1ccc2cc(C=O)sc2c1. The fourth-order valence-corrected chi connectivity index (χ4v) is 2.73. The van der Waals surface area contributed by atoms with Gasteiger partial charge in [0.15, 0.2) is 6.29 Å². The predicted molar refractivity (Wildman–Crippen MR) is 79.0 cm³/mol. The first kappa shape index (κ1) is 13.1. The second kappa shape index (κ2) is 5.50. The highest BCUT2D eigenvalue weighted by Gasteiger charge is 2.05. The summed E-state index contributed by atoms with van der Waals surface area (Å²) in [4.78, 5) is 16.0. The first-order valence-corrected chi connectivity index (χ1v) is 6.76. The number of carbonyl (C=O) groups excluding carboxylic acids is 1. The van der Waals surface area contributed by atoms with Crippen LogP contribution in [0.25, 0.3) is 10.1 Å². The number of fused-ring (bicyclic) bond motifs is 1. The van der Waals surface area contributed by atoms with Crippen molar-refractivity contribution in [3.8, 4) is 0 Å². The lowest BCUT2D eigenvalue weighted by Crippen LogP contribution is -2.28. The molecule has 2 rings (SSSR count). The van der Waals surface area contributed by atoms with E-state index in [1.54, 1.807) is 11.3 Å². The largest absolute Gasteiger partial charge is 0.373 e. The van der Waals surface area contributed by atoms with Gasteiger partial charge in [-0.15, -0.1) is 11.3 Å². The number of likely N-dealkylation sites (N-methyl/N-ethyl adjacent to an activating group) is 2. The summed E-state index contributed by atoms with van der Waals surface area (Å²) in [6.45, 7) is 2.02. The number of aldehydes is 1. The number of rotatable bonds is 5. The van der Waals surface area contributed by atoms with Gasteiger partial charge in [-0.05, 0) is 37.7 Å². The minimum atomic E-state index is 0.790. The van der Waals surface area contributed by atoms with Gasteiger partial charge >= 0.3 is 0 Å². The molecule has 0 aliphatic heterocycles. The third kappa shape index (κ3) is 2.89. The van der Waals surface area contributed by atoms with E-state index in [1.165, 1.54) is 10.4 Å². The summed E-state index contributed by atoms with van der Waals surface area (Å²) < 4.78 is 1.17. The molecule has 4 heteroatoms. The Balaban J connectivity index is 2.20. The molecule has 0 saturated carbocycles. The molecule has 0 aliphatic carbocycles. The van der Waals surface area contributed by atoms with E-state index in [0.29, 0.717) is 0 Å². The molecule has 0 N–H and O–H groups in total. The Morgan fingerprint density at radius 1 is 1.17 bits per heavy atom. The van der Waals surface area contributed by atoms with Crippen LogP contribution in [0.5, 0.6) is 0 Å². The molecular formula is C14H18N2OS. The third-order valence-electron chi connectivity index (χ3n) is 2.96. The first-order valence-electron chi connectivity index (χ1n) is 5.95. The van der Waals surface area contributed by atoms with Crippen molar-refractivity contribution in [2.45, 2.75) is 0 Å². The molecule has 96 valence electrons. The van der Waals surface area contributed by atoms with Crippen molar-refractivity contribution >= 4 is 33.4 Å². The highest BCUT2D eigenvalue weighted by Crippen LogP contribution is 2.28. The van der Waals surface area contributed by atoms with Crippen molar-refractivity contribution in [3.05, 3.63) is 29.1 Å². The average molecular weight is 262 g/mol. The van der Waals surface area contributed by atoms with Gasteiger partial charge in [0.05, 0.1) is 4.88 Å². The number of hydrogen-bond acceptors (Lipinski definition) is 4. The summed E-state index contributed by atoms with van der Waals surface area (Å²) >= 11 is 1.55. The Morgan fingerprint density at radius 2 is 1.94 bits per heavy atom. The summed E-state index contributed by atoms with van der Waals surface area (Å²) in [7, 11) is 6.25. The minimum Gasteiger partial charge on any atom is -0.373 e. The molecule has 0 fully saturated rings. The normalized spacial score (nSPS) is 11.1. The first-order chi connectivity index (χ1) is 8.60. The summed E-state index contributed by atoms with van der Waals surface area (Å²) in [6.07, 6.45) is 0.917. The molecule has 1 aromatic carbocycles. The summed E-state index contributed by atoms with van der Waals surface area (Å²) in [6, 6.07) is 8.29. The van der Waals surface area contributed by atoms with Crippen LogP contribution in [0.1, 0.15) is 9.67 Å². The van der Waals surface area contributed by atoms with Crippen molar-refractivity contribution in [2.75, 3.05) is 39.1 Å². The van der Waals surface area contributed by atoms with Crippen LogP contribution in [0.15, 0.2) is 24.3 Å². The number of benzene rings is 1. The molecule has 1 heterocycles. The van der Waals surface area contributed by atoms with Crippen molar-refractivity contribution in [3.63, 3.8) is 0 Å². The van der Waals surface area contributed by atoms with Gasteiger partial charge in [-0.1, -0.05) is 6.07 Å². The van der Waals surface area contributed by atoms with Gasteiger partial charge in [-0.2, -0.15) is 0 Å². The van der Waals surface area contributed by atoms with Crippen LogP contribution in [0, 0.1) is 0 Å². The molecule has 0 saturated heterocycles. The molecule has 0 atom stereocenters. The van der Waals surface area contributed by atoms with Crippen LogP contribution in [-0.2, 0) is 0 Å². The van der Waals surface area contributed by atoms with E-state index in [1.807, 2.05) is 6.07 Å². The lowest BCUT2D eigenvalue weighted by molar-refractivity contribution is 0.112. The summed E-state index contributed by atoms with van der Waals surface area (Å²) in [5.74, 6) is 0. The predicted octanol–water partition coefficient (Wildman–Crippen LogP) is 2.71. The van der Waals surface area contributed by atoms with Crippen LogP contribution in [-0.4, -0.2) is 45.4 Å². The molecule has 18 heavy (non-hydrogen) atoms. The molecule has 0 bridgehead atoms. The van der Waals surface area contributed by atoms with E-state index in [9.17, 15) is 4.79 Å². The van der Waals surface area contributed by atoms with Crippen LogP contribution >= 0.6 is 11.3 Å². The van der Waals surface area contributed by atoms with Crippen LogP contribution in [0.2, 0.25) is 0 Å². The van der Waals surface area contributed by atoms with E-state index in [0.717, 1.165) is 29.6 Å². The molecule has 0 aliphatic rings. The van der Waals surface area contributed by atoms with Gasteiger partial charge < -0.3 is 9.80 Å². The molecule has 2 aromatic rings. The fraction of sp³-hybridized carbons (Fsp3) is 0.357. The number of anilines is 1. The number of hydrogen-bond donors (Lipinski definition) is 0. The fourth-order valence-electron chi connectivity index (χ4n) is 1.81. The lowest BCUT2D eigenvalue weighted by atomic mass is 10.2. The Hall–Kier alpha value is -1.39. The average Bonchev–Trinajstić information content (AvgIpc) is 2.77. The number of nitrogens with zero attached hydrogens (tertiary/aromatic N) is 2. The highest BCUT2D eigenvalue weighted by molar-refractivity contribution is 7.20. The highest BCUT2D eigenvalue weighted by atomic mass is 32.1. The second-order valence-corrected chi connectivity index (χ2v) is 5.83. The van der Waals surface area contributed by atoms with E-state index < -0.39 is 0 Å². The quantitative estimate of drug-likeness (QED) is 0.774. The van der Waals surface area contributed by atoms with Crippen LogP contribution in [0.4, 0.5) is 5.69 Å². The molecule has 1 aromatic heterocycles. The summed E-state index contributed by atoms with van der Waals surface area (Å²) in [5, 5.41) is 1.15.